The smallest absolute Gasteiger partial charge is 0.266 e. The molecule has 0 fully saturated rings. The maximum absolute atomic E-state index is 13.6. The van der Waals surface area contributed by atoms with Crippen molar-refractivity contribution in [1.29, 1.82) is 0 Å². The van der Waals surface area contributed by atoms with E-state index in [1.54, 1.807) is 23.1 Å². The highest BCUT2D eigenvalue weighted by Gasteiger charge is 2.32. The Morgan fingerprint density at radius 3 is 2.29 bits per heavy atom. The molecule has 0 aliphatic heterocycles. The lowest BCUT2D eigenvalue weighted by atomic mass is 10.1. The van der Waals surface area contributed by atoms with Gasteiger partial charge in [0.2, 0.25) is 5.91 Å². The standard InChI is InChI=1S/C27H25ClFN3O2/c1-3-23(31(4-2)27(34)24(28)18-10-6-5-7-11-18)25-30-22-13-9-8-12-21(22)26(33)32(25)20-16-14-19(29)15-17-20/h5-17,23-24H,3-4H2,1-2H3. The number of nitrogens with zero attached hydrogens (tertiary/aromatic N) is 3. The molecule has 4 rings (SSSR count). The van der Waals surface area contributed by atoms with Crippen molar-refractivity contribution in [2.45, 2.75) is 31.7 Å². The van der Waals surface area contributed by atoms with Gasteiger partial charge in [0.1, 0.15) is 17.0 Å². The first-order chi connectivity index (χ1) is 16.5. The highest BCUT2D eigenvalue weighted by Crippen LogP contribution is 2.31. The molecule has 5 nitrogen and oxygen atoms in total. The topological polar surface area (TPSA) is 55.2 Å². The Bertz CT molecular complexity index is 1360. The Morgan fingerprint density at radius 1 is 1.00 bits per heavy atom. The fourth-order valence-corrected chi connectivity index (χ4v) is 4.47. The summed E-state index contributed by atoms with van der Waals surface area (Å²) in [4.78, 5) is 33.6. The van der Waals surface area contributed by atoms with E-state index >= 15 is 0 Å². The molecular formula is C27H25ClFN3O2. The van der Waals surface area contributed by atoms with Crippen LogP contribution in [-0.2, 0) is 4.79 Å². The van der Waals surface area contributed by atoms with Crippen LogP contribution in [0.25, 0.3) is 16.6 Å². The van der Waals surface area contributed by atoms with Gasteiger partial charge in [0.25, 0.3) is 5.56 Å². The number of fused-ring (bicyclic) bond motifs is 1. The molecule has 1 aromatic heterocycles. The van der Waals surface area contributed by atoms with Crippen LogP contribution in [0.2, 0.25) is 0 Å². The Morgan fingerprint density at radius 2 is 1.65 bits per heavy atom. The molecule has 7 heteroatoms. The van der Waals surface area contributed by atoms with Crippen LogP contribution >= 0.6 is 11.6 Å². The molecule has 0 bridgehead atoms. The molecule has 0 spiro atoms. The Hall–Kier alpha value is -3.51. The largest absolute Gasteiger partial charge is 0.331 e. The van der Waals surface area contributed by atoms with E-state index in [-0.39, 0.29) is 11.5 Å². The van der Waals surface area contributed by atoms with Gasteiger partial charge in [0, 0.05) is 6.54 Å². The van der Waals surface area contributed by atoms with Crippen LogP contribution in [0, 0.1) is 5.82 Å². The summed E-state index contributed by atoms with van der Waals surface area (Å²) in [6.07, 6.45) is 0.504. The summed E-state index contributed by atoms with van der Waals surface area (Å²) in [6.45, 7) is 4.18. The van der Waals surface area contributed by atoms with Gasteiger partial charge in [-0.05, 0) is 55.3 Å². The third-order valence-electron chi connectivity index (χ3n) is 5.88. The summed E-state index contributed by atoms with van der Waals surface area (Å²) in [5.41, 5.74) is 1.44. The van der Waals surface area contributed by atoms with Gasteiger partial charge in [-0.2, -0.15) is 0 Å². The van der Waals surface area contributed by atoms with E-state index in [0.717, 1.165) is 0 Å². The fourth-order valence-electron chi connectivity index (χ4n) is 4.20. The minimum atomic E-state index is -0.873. The second-order valence-corrected chi connectivity index (χ2v) is 8.36. The molecule has 2 atom stereocenters. The minimum Gasteiger partial charge on any atom is -0.331 e. The van der Waals surface area contributed by atoms with Crippen LogP contribution in [0.3, 0.4) is 0 Å². The molecule has 1 heterocycles. The van der Waals surface area contributed by atoms with Gasteiger partial charge in [-0.3, -0.25) is 14.2 Å². The van der Waals surface area contributed by atoms with Gasteiger partial charge >= 0.3 is 0 Å². The summed E-state index contributed by atoms with van der Waals surface area (Å²) in [7, 11) is 0. The number of carbonyl (C=O) groups is 1. The Kier molecular flexibility index (Phi) is 7.08. The van der Waals surface area contributed by atoms with E-state index in [2.05, 4.69) is 0 Å². The quantitative estimate of drug-likeness (QED) is 0.316. The van der Waals surface area contributed by atoms with Crippen LogP contribution in [-0.4, -0.2) is 26.9 Å². The molecule has 0 aliphatic carbocycles. The van der Waals surface area contributed by atoms with Gasteiger partial charge in [-0.15, -0.1) is 11.6 Å². The first-order valence-electron chi connectivity index (χ1n) is 11.2. The highest BCUT2D eigenvalue weighted by atomic mass is 35.5. The Balaban J connectivity index is 1.88. The number of carbonyl (C=O) groups excluding carboxylic acids is 1. The van der Waals surface area contributed by atoms with E-state index in [0.29, 0.717) is 40.9 Å². The third kappa shape index (κ3) is 4.46. The fraction of sp³-hybridized carbons (Fsp3) is 0.222. The van der Waals surface area contributed by atoms with Gasteiger partial charge in [-0.25, -0.2) is 9.37 Å². The number of halogens is 2. The van der Waals surface area contributed by atoms with E-state index in [9.17, 15) is 14.0 Å². The number of alkyl halides is 1. The van der Waals surface area contributed by atoms with Gasteiger partial charge in [0.15, 0.2) is 0 Å². The van der Waals surface area contributed by atoms with Crippen LogP contribution in [0.4, 0.5) is 4.39 Å². The SMILES string of the molecule is CCC(c1nc2ccccc2c(=O)n1-c1ccc(F)cc1)N(CC)C(=O)C(Cl)c1ccccc1. The number of amides is 1. The average Bonchev–Trinajstić information content (AvgIpc) is 2.87. The van der Waals surface area contributed by atoms with Gasteiger partial charge < -0.3 is 4.90 Å². The van der Waals surface area contributed by atoms with Crippen LogP contribution < -0.4 is 5.56 Å². The summed E-state index contributed by atoms with van der Waals surface area (Å²) >= 11 is 6.60. The van der Waals surface area contributed by atoms with Crippen molar-refractivity contribution in [3.05, 3.63) is 106 Å². The molecule has 0 radical (unpaired) electrons. The van der Waals surface area contributed by atoms with Crippen molar-refractivity contribution in [3.63, 3.8) is 0 Å². The molecule has 34 heavy (non-hydrogen) atoms. The maximum Gasteiger partial charge on any atom is 0.266 e. The lowest BCUT2D eigenvalue weighted by Gasteiger charge is -2.33. The minimum absolute atomic E-state index is 0.268. The number of hydrogen-bond acceptors (Lipinski definition) is 3. The van der Waals surface area contributed by atoms with Crippen molar-refractivity contribution in [2.24, 2.45) is 0 Å². The predicted molar refractivity (Wildman–Crippen MR) is 133 cm³/mol. The number of para-hydroxylation sites is 1. The number of benzene rings is 3. The van der Waals surface area contributed by atoms with Crippen LogP contribution in [0.1, 0.15) is 43.1 Å². The second-order valence-electron chi connectivity index (χ2n) is 7.93. The molecule has 0 saturated carbocycles. The van der Waals surface area contributed by atoms with E-state index in [1.165, 1.54) is 28.8 Å². The van der Waals surface area contributed by atoms with Gasteiger partial charge in [0.05, 0.1) is 22.6 Å². The molecule has 0 aliphatic rings. The molecule has 4 aromatic rings. The molecule has 0 saturated heterocycles. The molecule has 1 amide bonds. The Labute approximate surface area is 202 Å². The number of rotatable bonds is 7. The number of hydrogen-bond donors (Lipinski definition) is 0. The van der Waals surface area contributed by atoms with E-state index < -0.39 is 17.2 Å². The second kappa shape index (κ2) is 10.2. The normalized spacial score (nSPS) is 12.9. The van der Waals surface area contributed by atoms with Gasteiger partial charge in [-0.1, -0.05) is 49.4 Å². The van der Waals surface area contributed by atoms with Crippen molar-refractivity contribution >= 4 is 28.4 Å². The average molecular weight is 478 g/mol. The van der Waals surface area contributed by atoms with E-state index in [4.69, 9.17) is 16.6 Å². The molecule has 2 unspecified atom stereocenters. The molecular weight excluding hydrogens is 453 g/mol. The zero-order valence-electron chi connectivity index (χ0n) is 19.0. The predicted octanol–water partition coefficient (Wildman–Crippen LogP) is 5.80. The summed E-state index contributed by atoms with van der Waals surface area (Å²) < 4.78 is 15.1. The molecule has 3 aromatic carbocycles. The van der Waals surface area contributed by atoms with Crippen LogP contribution in [0.5, 0.6) is 0 Å². The van der Waals surface area contributed by atoms with Crippen molar-refractivity contribution in [3.8, 4) is 5.69 Å². The van der Waals surface area contributed by atoms with E-state index in [1.807, 2.05) is 50.2 Å². The first kappa shape index (κ1) is 23.6. The zero-order valence-corrected chi connectivity index (χ0v) is 19.7. The molecule has 174 valence electrons. The number of likely N-dealkylation sites (N-methyl/N-ethyl adjacent to an activating group) is 1. The summed E-state index contributed by atoms with van der Waals surface area (Å²) in [5.74, 6) is -0.266. The lowest BCUT2D eigenvalue weighted by Crippen LogP contribution is -2.40. The summed E-state index contributed by atoms with van der Waals surface area (Å²) in [5, 5.41) is -0.430. The number of aromatic nitrogens is 2. The maximum atomic E-state index is 13.6. The van der Waals surface area contributed by atoms with Crippen molar-refractivity contribution < 1.29 is 9.18 Å². The monoisotopic (exact) mass is 477 g/mol. The first-order valence-corrected chi connectivity index (χ1v) is 11.7. The van der Waals surface area contributed by atoms with Crippen LogP contribution in [0.15, 0.2) is 83.7 Å². The third-order valence-corrected chi connectivity index (χ3v) is 6.32. The molecule has 0 N–H and O–H groups in total. The lowest BCUT2D eigenvalue weighted by molar-refractivity contribution is -0.133. The highest BCUT2D eigenvalue weighted by molar-refractivity contribution is 6.30. The summed E-state index contributed by atoms with van der Waals surface area (Å²) in [6, 6.07) is 21.4. The van der Waals surface area contributed by atoms with Crippen molar-refractivity contribution in [1.82, 2.24) is 14.5 Å². The van der Waals surface area contributed by atoms with Crippen molar-refractivity contribution in [2.75, 3.05) is 6.54 Å². The zero-order chi connectivity index (χ0) is 24.2.